The molecule has 0 spiro atoms. The van der Waals surface area contributed by atoms with E-state index in [1.165, 1.54) is 18.6 Å². The van der Waals surface area contributed by atoms with Gasteiger partial charge in [0.05, 0.1) is 5.56 Å². The second kappa shape index (κ2) is 12.4. The largest absolute Gasteiger partial charge is 0.389 e. The lowest BCUT2D eigenvalue weighted by Crippen LogP contribution is -2.12. The molecule has 0 saturated heterocycles. The van der Waals surface area contributed by atoms with Crippen molar-refractivity contribution >= 4 is 17.7 Å². The number of ketones is 1. The molecule has 29 heavy (non-hydrogen) atoms. The van der Waals surface area contributed by atoms with E-state index in [0.29, 0.717) is 11.1 Å². The van der Waals surface area contributed by atoms with Crippen LogP contribution in [0.15, 0.2) is 67.3 Å². The molecule has 0 aliphatic rings. The zero-order valence-electron chi connectivity index (χ0n) is 16.8. The molecule has 0 atom stereocenters. The lowest BCUT2D eigenvalue weighted by Gasteiger charge is -2.05. The van der Waals surface area contributed by atoms with Crippen molar-refractivity contribution in [2.75, 3.05) is 0 Å². The molecule has 0 aliphatic carbocycles. The summed E-state index contributed by atoms with van der Waals surface area (Å²) < 4.78 is 4.91. The number of esters is 2. The van der Waals surface area contributed by atoms with E-state index < -0.39 is 11.9 Å². The zero-order chi connectivity index (χ0) is 20.9. The van der Waals surface area contributed by atoms with Gasteiger partial charge in [-0.3, -0.25) is 9.59 Å². The highest BCUT2D eigenvalue weighted by Crippen LogP contribution is 2.13. The Hall–Kier alpha value is -3.01. The number of rotatable bonds is 12. The van der Waals surface area contributed by atoms with Crippen LogP contribution in [0.5, 0.6) is 0 Å². The van der Waals surface area contributed by atoms with Gasteiger partial charge in [-0.25, -0.2) is 4.79 Å². The Morgan fingerprint density at radius 3 is 1.93 bits per heavy atom. The van der Waals surface area contributed by atoms with E-state index in [-0.39, 0.29) is 17.8 Å². The molecule has 4 nitrogen and oxygen atoms in total. The first-order valence-corrected chi connectivity index (χ1v) is 10.2. The van der Waals surface area contributed by atoms with Crippen LogP contribution in [-0.2, 0) is 9.53 Å². The van der Waals surface area contributed by atoms with Crippen LogP contribution in [0.2, 0.25) is 0 Å². The van der Waals surface area contributed by atoms with E-state index in [0.717, 1.165) is 38.5 Å². The summed E-state index contributed by atoms with van der Waals surface area (Å²) in [5, 5.41) is 0. The normalized spacial score (nSPS) is 10.3. The van der Waals surface area contributed by atoms with Gasteiger partial charge >= 0.3 is 11.9 Å². The van der Waals surface area contributed by atoms with Gasteiger partial charge in [-0.1, -0.05) is 74.2 Å². The molecule has 0 amide bonds. The molecule has 152 valence electrons. The minimum atomic E-state index is -0.682. The van der Waals surface area contributed by atoms with Crippen molar-refractivity contribution < 1.29 is 19.1 Å². The highest BCUT2D eigenvalue weighted by atomic mass is 16.6. The lowest BCUT2D eigenvalue weighted by molar-refractivity contribution is -0.138. The van der Waals surface area contributed by atoms with E-state index in [4.69, 9.17) is 4.74 Å². The van der Waals surface area contributed by atoms with Crippen LogP contribution in [0.1, 0.15) is 77.6 Å². The summed E-state index contributed by atoms with van der Waals surface area (Å²) in [4.78, 5) is 36.3. The van der Waals surface area contributed by atoms with Gasteiger partial charge in [-0.05, 0) is 31.4 Å². The van der Waals surface area contributed by atoms with Crippen LogP contribution >= 0.6 is 0 Å². The fourth-order valence-electron chi connectivity index (χ4n) is 2.99. The molecule has 4 heteroatoms. The fraction of sp³-hybridized carbons (Fsp3) is 0.320. The number of carbonyl (C=O) groups excluding carboxylic acids is 3. The van der Waals surface area contributed by atoms with Crippen molar-refractivity contribution in [2.45, 2.75) is 51.4 Å². The second-order valence-electron chi connectivity index (χ2n) is 6.98. The molecule has 0 saturated carbocycles. The van der Waals surface area contributed by atoms with Gasteiger partial charge in [-0.2, -0.15) is 0 Å². The van der Waals surface area contributed by atoms with Crippen molar-refractivity contribution in [3.63, 3.8) is 0 Å². The predicted molar refractivity (Wildman–Crippen MR) is 114 cm³/mol. The number of unbranched alkanes of at least 4 members (excludes halogenated alkanes) is 6. The Kier molecular flexibility index (Phi) is 9.56. The molecule has 0 bridgehead atoms. The molecular weight excluding hydrogens is 364 g/mol. The van der Waals surface area contributed by atoms with Crippen molar-refractivity contribution in [2.24, 2.45) is 0 Å². The van der Waals surface area contributed by atoms with Crippen molar-refractivity contribution in [1.82, 2.24) is 0 Å². The number of carbonyl (C=O) groups is 3. The Morgan fingerprint density at radius 1 is 0.724 bits per heavy atom. The number of benzene rings is 2. The number of hydrogen-bond donors (Lipinski definition) is 0. The smallest absolute Gasteiger partial charge is 0.345 e. The summed E-state index contributed by atoms with van der Waals surface area (Å²) in [6.07, 6.45) is 9.46. The van der Waals surface area contributed by atoms with Gasteiger partial charge in [0.25, 0.3) is 0 Å². The number of allylic oxidation sites excluding steroid dienone is 1. The Labute approximate surface area is 172 Å². The summed E-state index contributed by atoms with van der Waals surface area (Å²) in [6.45, 7) is 3.70. The Morgan fingerprint density at radius 2 is 1.28 bits per heavy atom. The van der Waals surface area contributed by atoms with Gasteiger partial charge in [0.1, 0.15) is 0 Å². The molecule has 0 N–H and O–H groups in total. The molecule has 0 aliphatic heterocycles. The first-order chi connectivity index (χ1) is 14.1. The van der Waals surface area contributed by atoms with E-state index in [1.54, 1.807) is 36.4 Å². The minimum Gasteiger partial charge on any atom is -0.389 e. The van der Waals surface area contributed by atoms with Crippen molar-refractivity contribution in [3.8, 4) is 0 Å². The van der Waals surface area contributed by atoms with E-state index >= 15 is 0 Å². The molecule has 0 radical (unpaired) electrons. The van der Waals surface area contributed by atoms with Gasteiger partial charge in [-0.15, -0.1) is 6.58 Å². The summed E-state index contributed by atoms with van der Waals surface area (Å²) in [6, 6.07) is 15.1. The van der Waals surface area contributed by atoms with Gasteiger partial charge in [0, 0.05) is 17.5 Å². The number of ether oxygens (including phenoxy) is 1. The maximum absolute atomic E-state index is 12.4. The van der Waals surface area contributed by atoms with E-state index in [1.807, 2.05) is 12.1 Å². The Bertz CT molecular complexity index is 806. The van der Waals surface area contributed by atoms with Crippen LogP contribution in [0, 0.1) is 0 Å². The maximum atomic E-state index is 12.4. The van der Waals surface area contributed by atoms with Crippen LogP contribution in [-0.4, -0.2) is 17.7 Å². The predicted octanol–water partition coefficient (Wildman–Crippen LogP) is 5.91. The van der Waals surface area contributed by atoms with E-state index in [2.05, 4.69) is 6.58 Å². The van der Waals surface area contributed by atoms with Crippen LogP contribution < -0.4 is 0 Å². The SMILES string of the molecule is C=CCCCCCCCCC(=O)OC(=O)c1ccc(C(=O)c2ccccc2)cc1. The molecular formula is C25H28O4. The third kappa shape index (κ3) is 7.86. The molecule has 2 rings (SSSR count). The summed E-state index contributed by atoms with van der Waals surface area (Å²) >= 11 is 0. The van der Waals surface area contributed by atoms with Crippen LogP contribution in [0.3, 0.4) is 0 Å². The van der Waals surface area contributed by atoms with Crippen LogP contribution in [0.4, 0.5) is 0 Å². The summed E-state index contributed by atoms with van der Waals surface area (Å²) in [7, 11) is 0. The zero-order valence-corrected chi connectivity index (χ0v) is 16.8. The molecule has 0 unspecified atom stereocenters. The van der Waals surface area contributed by atoms with Crippen molar-refractivity contribution in [3.05, 3.63) is 83.9 Å². The third-order valence-corrected chi connectivity index (χ3v) is 4.66. The van der Waals surface area contributed by atoms with E-state index in [9.17, 15) is 14.4 Å². The van der Waals surface area contributed by atoms with Gasteiger partial charge < -0.3 is 4.74 Å². The third-order valence-electron chi connectivity index (χ3n) is 4.66. The van der Waals surface area contributed by atoms with Crippen LogP contribution in [0.25, 0.3) is 0 Å². The highest BCUT2D eigenvalue weighted by molar-refractivity contribution is 6.09. The van der Waals surface area contributed by atoms with Gasteiger partial charge in [0.15, 0.2) is 5.78 Å². The highest BCUT2D eigenvalue weighted by Gasteiger charge is 2.14. The summed E-state index contributed by atoms with van der Waals surface area (Å²) in [5.41, 5.74) is 1.32. The average Bonchev–Trinajstić information content (AvgIpc) is 2.75. The van der Waals surface area contributed by atoms with Gasteiger partial charge in [0.2, 0.25) is 0 Å². The fourth-order valence-corrected chi connectivity index (χ4v) is 2.99. The molecule has 0 heterocycles. The first-order valence-electron chi connectivity index (χ1n) is 10.2. The molecule has 0 aromatic heterocycles. The monoisotopic (exact) mass is 392 g/mol. The molecule has 2 aromatic carbocycles. The number of hydrogen-bond acceptors (Lipinski definition) is 4. The van der Waals surface area contributed by atoms with Crippen molar-refractivity contribution in [1.29, 1.82) is 0 Å². The topological polar surface area (TPSA) is 60.4 Å². The lowest BCUT2D eigenvalue weighted by atomic mass is 10.0. The second-order valence-corrected chi connectivity index (χ2v) is 6.98. The Balaban J connectivity index is 1.72. The maximum Gasteiger partial charge on any atom is 0.345 e. The molecule has 2 aromatic rings. The standard InChI is InChI=1S/C25H28O4/c1-2-3-4-5-6-7-8-12-15-23(26)29-25(28)22-18-16-21(17-19-22)24(27)20-13-10-9-11-14-20/h2,9-11,13-14,16-19H,1,3-8,12,15H2. The quantitative estimate of drug-likeness (QED) is 0.148. The average molecular weight is 392 g/mol. The molecule has 0 fully saturated rings. The first kappa shape index (κ1) is 22.3. The minimum absolute atomic E-state index is 0.119. The summed E-state index contributed by atoms with van der Waals surface area (Å²) in [5.74, 6) is -1.31.